The van der Waals surface area contributed by atoms with E-state index in [1.165, 1.54) is 0 Å². The second-order valence-corrected chi connectivity index (χ2v) is 1.41. The second kappa shape index (κ2) is 2.47. The van der Waals surface area contributed by atoms with Crippen molar-refractivity contribution >= 4 is 0 Å². The van der Waals surface area contributed by atoms with E-state index in [0.29, 0.717) is 6.54 Å². The normalized spacial score (nSPS) is 9.62. The molecule has 0 aromatic carbocycles. The van der Waals surface area contributed by atoms with Crippen molar-refractivity contribution in [3.8, 4) is 0 Å². The fourth-order valence-corrected chi connectivity index (χ4v) is 0.484. The minimum absolute atomic E-state index is 0.123. The zero-order valence-corrected chi connectivity index (χ0v) is 4.41. The van der Waals surface area contributed by atoms with Gasteiger partial charge in [0.15, 0.2) is 0 Å². The lowest BCUT2D eigenvalue weighted by molar-refractivity contribution is 0.269. The summed E-state index contributed by atoms with van der Waals surface area (Å²) in [4.78, 5) is 0. The summed E-state index contributed by atoms with van der Waals surface area (Å²) >= 11 is 0. The molecule has 0 fully saturated rings. The zero-order valence-electron chi connectivity index (χ0n) is 4.41. The van der Waals surface area contributed by atoms with Gasteiger partial charge in [0.05, 0.1) is 19.3 Å². The van der Waals surface area contributed by atoms with E-state index in [9.17, 15) is 0 Å². The van der Waals surface area contributed by atoms with Gasteiger partial charge in [0.1, 0.15) is 0 Å². The molecule has 1 radical (unpaired) electrons. The maximum Gasteiger partial charge on any atom is 0.0864 e. The number of aliphatic hydroxyl groups is 1. The Balaban J connectivity index is 2.50. The Bertz CT molecular complexity index is 136. The van der Waals surface area contributed by atoms with Gasteiger partial charge < -0.3 is 5.11 Å². The first kappa shape index (κ1) is 5.31. The van der Waals surface area contributed by atoms with Crippen LogP contribution in [-0.2, 0) is 6.54 Å². The Labute approximate surface area is 47.6 Å². The van der Waals surface area contributed by atoms with Crippen molar-refractivity contribution in [1.29, 1.82) is 0 Å². The van der Waals surface area contributed by atoms with Crippen LogP contribution in [0.1, 0.15) is 0 Å². The predicted octanol–water partition coefficient (Wildman–Crippen LogP) is -0.324. The number of rotatable bonds is 2. The molecular formula is C5H7N2O. The average molecular weight is 111 g/mol. The van der Waals surface area contributed by atoms with Gasteiger partial charge in [0.25, 0.3) is 0 Å². The summed E-state index contributed by atoms with van der Waals surface area (Å²) in [7, 11) is 0. The summed E-state index contributed by atoms with van der Waals surface area (Å²) in [5.74, 6) is 0. The van der Waals surface area contributed by atoms with Gasteiger partial charge in [-0.15, -0.1) is 0 Å². The van der Waals surface area contributed by atoms with Crippen LogP contribution in [0.25, 0.3) is 0 Å². The van der Waals surface area contributed by atoms with Crippen LogP contribution in [0.2, 0.25) is 0 Å². The fourth-order valence-electron chi connectivity index (χ4n) is 0.484. The third-order valence-corrected chi connectivity index (χ3v) is 0.816. The molecule has 0 unspecified atom stereocenters. The van der Waals surface area contributed by atoms with Gasteiger partial charge in [0, 0.05) is 6.20 Å². The van der Waals surface area contributed by atoms with Crippen molar-refractivity contribution in [2.24, 2.45) is 0 Å². The lowest BCUT2D eigenvalue weighted by Crippen LogP contribution is -2.01. The van der Waals surface area contributed by atoms with Crippen LogP contribution in [0.15, 0.2) is 12.3 Å². The quantitative estimate of drug-likeness (QED) is 0.567. The van der Waals surface area contributed by atoms with Crippen molar-refractivity contribution in [3.05, 3.63) is 18.5 Å². The Morgan fingerprint density at radius 2 is 2.62 bits per heavy atom. The minimum atomic E-state index is 0.123. The van der Waals surface area contributed by atoms with Crippen LogP contribution in [0.3, 0.4) is 0 Å². The molecule has 0 saturated carbocycles. The van der Waals surface area contributed by atoms with Crippen LogP contribution in [0.4, 0.5) is 0 Å². The first-order valence-corrected chi connectivity index (χ1v) is 2.44. The number of hydrogen-bond donors (Lipinski definition) is 1. The van der Waals surface area contributed by atoms with E-state index in [1.807, 2.05) is 0 Å². The van der Waals surface area contributed by atoms with Gasteiger partial charge in [0.2, 0.25) is 0 Å². The molecule has 0 amide bonds. The maximum absolute atomic E-state index is 8.36. The van der Waals surface area contributed by atoms with E-state index in [2.05, 4.69) is 11.3 Å². The van der Waals surface area contributed by atoms with Gasteiger partial charge in [-0.1, -0.05) is 0 Å². The molecule has 1 aromatic heterocycles. The molecule has 3 nitrogen and oxygen atoms in total. The molecule has 0 spiro atoms. The Hall–Kier alpha value is -0.830. The second-order valence-electron chi connectivity index (χ2n) is 1.41. The summed E-state index contributed by atoms with van der Waals surface area (Å²) in [6, 6.07) is 1.70. The number of aliphatic hydroxyl groups excluding tert-OH is 1. The molecular weight excluding hydrogens is 104 g/mol. The van der Waals surface area contributed by atoms with E-state index < -0.39 is 0 Å². The first-order valence-electron chi connectivity index (χ1n) is 2.44. The van der Waals surface area contributed by atoms with Gasteiger partial charge >= 0.3 is 0 Å². The highest BCUT2D eigenvalue weighted by atomic mass is 16.3. The first-order chi connectivity index (χ1) is 3.93. The number of hydrogen-bond acceptors (Lipinski definition) is 2. The highest BCUT2D eigenvalue weighted by Crippen LogP contribution is 1.79. The molecule has 1 aromatic rings. The fraction of sp³-hybridized carbons (Fsp3) is 0.400. The van der Waals surface area contributed by atoms with Crippen LogP contribution in [-0.4, -0.2) is 21.5 Å². The van der Waals surface area contributed by atoms with Crippen molar-refractivity contribution in [1.82, 2.24) is 9.78 Å². The highest BCUT2D eigenvalue weighted by Gasteiger charge is 1.84. The van der Waals surface area contributed by atoms with Crippen LogP contribution < -0.4 is 0 Å². The van der Waals surface area contributed by atoms with E-state index in [4.69, 9.17) is 5.11 Å². The molecule has 8 heavy (non-hydrogen) atoms. The zero-order chi connectivity index (χ0) is 5.82. The largest absolute Gasteiger partial charge is 0.394 e. The third kappa shape index (κ3) is 1.07. The molecule has 0 atom stereocenters. The van der Waals surface area contributed by atoms with Gasteiger partial charge in [-0.2, -0.15) is 5.10 Å². The van der Waals surface area contributed by atoms with Crippen molar-refractivity contribution in [3.63, 3.8) is 0 Å². The van der Waals surface area contributed by atoms with E-state index >= 15 is 0 Å². The van der Waals surface area contributed by atoms with Crippen molar-refractivity contribution in [2.45, 2.75) is 6.54 Å². The number of nitrogens with zero attached hydrogens (tertiary/aromatic N) is 2. The standard InChI is InChI=1S/C5H7N2O/c8-5-4-7-3-1-2-6-7/h1-2,8H,4-5H2. The van der Waals surface area contributed by atoms with Crippen LogP contribution in [0.5, 0.6) is 0 Å². The molecule has 0 bridgehead atoms. The molecule has 3 heteroatoms. The smallest absolute Gasteiger partial charge is 0.0864 e. The maximum atomic E-state index is 8.36. The Kier molecular flexibility index (Phi) is 1.64. The minimum Gasteiger partial charge on any atom is -0.394 e. The Morgan fingerprint density at radius 1 is 1.75 bits per heavy atom. The topological polar surface area (TPSA) is 38.0 Å². The average Bonchev–Trinajstić information content (AvgIpc) is 2.19. The molecule has 0 aliphatic heterocycles. The summed E-state index contributed by atoms with van der Waals surface area (Å²) < 4.78 is 1.56. The van der Waals surface area contributed by atoms with E-state index in [0.717, 1.165) is 0 Å². The molecule has 1 heterocycles. The van der Waals surface area contributed by atoms with Crippen LogP contribution >= 0.6 is 0 Å². The molecule has 43 valence electrons. The number of aromatic nitrogens is 2. The Morgan fingerprint density at radius 3 is 3.12 bits per heavy atom. The molecule has 1 rings (SSSR count). The third-order valence-electron chi connectivity index (χ3n) is 0.816. The lowest BCUT2D eigenvalue weighted by Gasteiger charge is -1.91. The predicted molar refractivity (Wildman–Crippen MR) is 28.1 cm³/mol. The summed E-state index contributed by atoms with van der Waals surface area (Å²) in [5, 5.41) is 12.2. The van der Waals surface area contributed by atoms with E-state index in [1.54, 1.807) is 16.9 Å². The molecule has 0 saturated heterocycles. The lowest BCUT2D eigenvalue weighted by atomic mass is 10.7. The summed E-state index contributed by atoms with van der Waals surface area (Å²) in [5.41, 5.74) is 0. The van der Waals surface area contributed by atoms with Gasteiger partial charge in [-0.05, 0) is 6.07 Å². The molecule has 0 aliphatic carbocycles. The summed E-state index contributed by atoms with van der Waals surface area (Å²) in [6.45, 7) is 0.658. The van der Waals surface area contributed by atoms with Crippen molar-refractivity contribution in [2.75, 3.05) is 6.61 Å². The van der Waals surface area contributed by atoms with E-state index in [-0.39, 0.29) is 6.61 Å². The van der Waals surface area contributed by atoms with Crippen LogP contribution in [0, 0.1) is 6.20 Å². The monoisotopic (exact) mass is 111 g/mol. The van der Waals surface area contributed by atoms with Crippen molar-refractivity contribution < 1.29 is 5.11 Å². The SMILES string of the molecule is OCCn1[c]ccn1. The molecule has 0 aliphatic rings. The van der Waals surface area contributed by atoms with Gasteiger partial charge in [-0.3, -0.25) is 4.68 Å². The van der Waals surface area contributed by atoms with Gasteiger partial charge in [-0.25, -0.2) is 0 Å². The molecule has 1 N–H and O–H groups in total. The summed E-state index contributed by atoms with van der Waals surface area (Å²) in [6.07, 6.45) is 4.42. The highest BCUT2D eigenvalue weighted by molar-refractivity contribution is 4.74.